The average Bonchev–Trinajstić information content (AvgIpc) is 3.20. The van der Waals surface area contributed by atoms with Crippen LogP contribution in [0, 0.1) is 11.8 Å². The van der Waals surface area contributed by atoms with Crippen LogP contribution in [0.15, 0.2) is 22.8 Å². The Morgan fingerprint density at radius 1 is 1.15 bits per heavy atom. The number of nitrogens with zero attached hydrogens (tertiary/aromatic N) is 2. The molecule has 2 fully saturated rings. The minimum atomic E-state index is -0.00557. The van der Waals surface area contributed by atoms with Crippen LogP contribution in [0.1, 0.15) is 50.1 Å². The summed E-state index contributed by atoms with van der Waals surface area (Å²) in [6, 6.07) is 4.00. The quantitative estimate of drug-likeness (QED) is 0.874. The summed E-state index contributed by atoms with van der Waals surface area (Å²) in [6.07, 6.45) is 5.42. The van der Waals surface area contributed by atoms with Crippen molar-refractivity contribution in [1.29, 1.82) is 0 Å². The van der Waals surface area contributed by atoms with E-state index in [9.17, 15) is 9.59 Å². The van der Waals surface area contributed by atoms with E-state index in [1.165, 1.54) is 0 Å². The lowest BCUT2D eigenvalue weighted by atomic mass is 9.92. The lowest BCUT2D eigenvalue weighted by molar-refractivity contribution is -0.126. The van der Waals surface area contributed by atoms with Crippen molar-refractivity contribution in [2.75, 3.05) is 32.7 Å². The van der Waals surface area contributed by atoms with Gasteiger partial charge < -0.3 is 19.5 Å². The van der Waals surface area contributed by atoms with E-state index in [-0.39, 0.29) is 17.7 Å². The van der Waals surface area contributed by atoms with E-state index in [1.54, 1.807) is 18.4 Å². The number of likely N-dealkylation sites (tertiary alicyclic amines) is 2. The van der Waals surface area contributed by atoms with E-state index in [0.29, 0.717) is 17.7 Å². The van der Waals surface area contributed by atoms with Gasteiger partial charge in [0.1, 0.15) is 0 Å². The van der Waals surface area contributed by atoms with E-state index in [4.69, 9.17) is 4.42 Å². The van der Waals surface area contributed by atoms with Crippen molar-refractivity contribution >= 4 is 11.8 Å². The van der Waals surface area contributed by atoms with E-state index < -0.39 is 0 Å². The molecule has 1 N–H and O–H groups in total. The second-order valence-corrected chi connectivity index (χ2v) is 7.95. The summed E-state index contributed by atoms with van der Waals surface area (Å²) in [7, 11) is 0. The largest absolute Gasteiger partial charge is 0.459 e. The number of carbonyl (C=O) groups excluding carboxylic acids is 2. The molecule has 0 radical (unpaired) electrons. The van der Waals surface area contributed by atoms with Crippen molar-refractivity contribution in [3.05, 3.63) is 24.2 Å². The van der Waals surface area contributed by atoms with Gasteiger partial charge in [0.15, 0.2) is 5.76 Å². The summed E-state index contributed by atoms with van der Waals surface area (Å²) in [4.78, 5) is 29.0. The Morgan fingerprint density at radius 2 is 1.85 bits per heavy atom. The first-order valence-corrected chi connectivity index (χ1v) is 9.89. The smallest absolute Gasteiger partial charge is 0.289 e. The number of furan rings is 1. The molecule has 6 heteroatoms. The summed E-state index contributed by atoms with van der Waals surface area (Å²) in [5, 5.41) is 3.07. The van der Waals surface area contributed by atoms with Gasteiger partial charge in [0.25, 0.3) is 5.91 Å². The molecule has 1 aromatic heterocycles. The lowest BCUT2D eigenvalue weighted by Gasteiger charge is -2.41. The van der Waals surface area contributed by atoms with Crippen LogP contribution in [-0.2, 0) is 4.79 Å². The molecule has 2 amide bonds. The van der Waals surface area contributed by atoms with Crippen molar-refractivity contribution in [2.24, 2.45) is 11.8 Å². The third-order valence-electron chi connectivity index (χ3n) is 5.58. The number of hydrogen-bond donors (Lipinski definition) is 1. The first-order valence-electron chi connectivity index (χ1n) is 9.89. The van der Waals surface area contributed by atoms with Crippen LogP contribution in [0.25, 0.3) is 0 Å². The highest BCUT2D eigenvalue weighted by molar-refractivity contribution is 5.91. The summed E-state index contributed by atoms with van der Waals surface area (Å²) >= 11 is 0. The second kappa shape index (κ2) is 8.71. The Morgan fingerprint density at radius 3 is 2.42 bits per heavy atom. The highest BCUT2D eigenvalue weighted by atomic mass is 16.3. The van der Waals surface area contributed by atoms with Gasteiger partial charge in [-0.25, -0.2) is 0 Å². The Bertz CT molecular complexity index is 583. The maximum Gasteiger partial charge on any atom is 0.289 e. The third-order valence-corrected chi connectivity index (χ3v) is 5.58. The maximum absolute atomic E-state index is 12.3. The van der Waals surface area contributed by atoms with Gasteiger partial charge in [-0.15, -0.1) is 0 Å². The first-order chi connectivity index (χ1) is 12.5. The van der Waals surface area contributed by atoms with Crippen LogP contribution in [-0.4, -0.2) is 60.4 Å². The Labute approximate surface area is 155 Å². The molecule has 26 heavy (non-hydrogen) atoms. The fourth-order valence-corrected chi connectivity index (χ4v) is 3.97. The highest BCUT2D eigenvalue weighted by Crippen LogP contribution is 2.24. The van der Waals surface area contributed by atoms with Gasteiger partial charge in [0, 0.05) is 31.6 Å². The summed E-state index contributed by atoms with van der Waals surface area (Å²) in [5.41, 5.74) is 0. The zero-order valence-electron chi connectivity index (χ0n) is 15.9. The number of amides is 2. The van der Waals surface area contributed by atoms with E-state index >= 15 is 0 Å². The Balaban J connectivity index is 1.41. The fourth-order valence-electron chi connectivity index (χ4n) is 3.97. The minimum Gasteiger partial charge on any atom is -0.459 e. The molecule has 2 aliphatic heterocycles. The predicted octanol–water partition coefficient (Wildman–Crippen LogP) is 2.37. The van der Waals surface area contributed by atoms with Gasteiger partial charge in [-0.1, -0.05) is 13.8 Å². The highest BCUT2D eigenvalue weighted by Gasteiger charge is 2.32. The minimum absolute atomic E-state index is 0.00557. The van der Waals surface area contributed by atoms with Gasteiger partial charge in [-0.3, -0.25) is 9.59 Å². The third kappa shape index (κ3) is 4.67. The summed E-state index contributed by atoms with van der Waals surface area (Å²) in [5.74, 6) is 1.29. The maximum atomic E-state index is 12.3. The fraction of sp³-hybridized carbons (Fsp3) is 0.700. The second-order valence-electron chi connectivity index (χ2n) is 7.95. The zero-order valence-corrected chi connectivity index (χ0v) is 15.9. The molecule has 0 bridgehead atoms. The summed E-state index contributed by atoms with van der Waals surface area (Å²) < 4.78 is 5.22. The van der Waals surface area contributed by atoms with E-state index in [1.807, 2.05) is 4.90 Å². The summed E-state index contributed by atoms with van der Waals surface area (Å²) in [6.45, 7) is 8.52. The van der Waals surface area contributed by atoms with Crippen molar-refractivity contribution in [3.8, 4) is 0 Å². The lowest BCUT2D eigenvalue weighted by Crippen LogP contribution is -2.50. The van der Waals surface area contributed by atoms with Crippen LogP contribution >= 0.6 is 0 Å². The van der Waals surface area contributed by atoms with Gasteiger partial charge in [0.2, 0.25) is 5.91 Å². The molecule has 1 aromatic rings. The molecule has 0 aromatic carbocycles. The molecular weight excluding hydrogens is 330 g/mol. The average molecular weight is 361 g/mol. The molecule has 3 rings (SSSR count). The molecule has 0 aliphatic carbocycles. The van der Waals surface area contributed by atoms with Gasteiger partial charge in [-0.05, 0) is 56.8 Å². The van der Waals surface area contributed by atoms with Crippen LogP contribution < -0.4 is 5.32 Å². The Kier molecular flexibility index (Phi) is 6.35. The normalized spacial score (nSPS) is 20.5. The number of carbonyl (C=O) groups is 2. The molecule has 6 nitrogen and oxygen atoms in total. The van der Waals surface area contributed by atoms with Crippen molar-refractivity contribution in [2.45, 2.75) is 45.6 Å². The van der Waals surface area contributed by atoms with Gasteiger partial charge in [-0.2, -0.15) is 0 Å². The SMILES string of the molecule is CC(C)CNC(=O)C1CCN(C2CCN(C(=O)c3ccco3)CC2)CC1. The van der Waals surface area contributed by atoms with Crippen molar-refractivity contribution in [1.82, 2.24) is 15.1 Å². The first kappa shape index (κ1) is 19.0. The molecule has 0 spiro atoms. The molecule has 2 saturated heterocycles. The molecule has 0 saturated carbocycles. The number of piperidine rings is 2. The van der Waals surface area contributed by atoms with Crippen molar-refractivity contribution in [3.63, 3.8) is 0 Å². The number of hydrogen-bond acceptors (Lipinski definition) is 4. The van der Waals surface area contributed by atoms with Crippen molar-refractivity contribution < 1.29 is 14.0 Å². The van der Waals surface area contributed by atoms with E-state index in [0.717, 1.165) is 58.4 Å². The van der Waals surface area contributed by atoms with E-state index in [2.05, 4.69) is 24.1 Å². The monoisotopic (exact) mass is 361 g/mol. The van der Waals surface area contributed by atoms with Gasteiger partial charge in [0.05, 0.1) is 6.26 Å². The molecule has 144 valence electrons. The molecular formula is C20H31N3O3. The number of rotatable bonds is 5. The zero-order chi connectivity index (χ0) is 18.5. The molecule has 2 aliphatic rings. The van der Waals surface area contributed by atoms with Crippen LogP contribution in [0.3, 0.4) is 0 Å². The Hall–Kier alpha value is -1.82. The molecule has 0 unspecified atom stereocenters. The molecule has 3 heterocycles. The molecule has 0 atom stereocenters. The van der Waals surface area contributed by atoms with Crippen LogP contribution in [0.2, 0.25) is 0 Å². The number of nitrogens with one attached hydrogen (secondary N) is 1. The van der Waals surface area contributed by atoms with Crippen LogP contribution in [0.4, 0.5) is 0 Å². The standard InChI is InChI=1S/C20H31N3O3/c1-15(2)14-21-19(24)16-5-9-22(10-6-16)17-7-11-23(12-8-17)20(25)18-4-3-13-26-18/h3-4,13,15-17H,5-12,14H2,1-2H3,(H,21,24). The topological polar surface area (TPSA) is 65.8 Å². The van der Waals surface area contributed by atoms with Gasteiger partial charge >= 0.3 is 0 Å². The van der Waals surface area contributed by atoms with Crippen LogP contribution in [0.5, 0.6) is 0 Å². The predicted molar refractivity (Wildman–Crippen MR) is 99.8 cm³/mol.